The number of ether oxygens (including phenoxy) is 3. The van der Waals surface area contributed by atoms with Gasteiger partial charge in [-0.25, -0.2) is 0 Å². The zero-order valence-electron chi connectivity index (χ0n) is 16.6. The molecule has 6 nitrogen and oxygen atoms in total. The molecule has 154 valence electrons. The van der Waals surface area contributed by atoms with E-state index in [1.807, 2.05) is 44.2 Å². The van der Waals surface area contributed by atoms with Gasteiger partial charge in [-0.05, 0) is 81.4 Å². The van der Waals surface area contributed by atoms with Crippen LogP contribution in [0.25, 0.3) is 0 Å². The van der Waals surface area contributed by atoms with Crippen molar-refractivity contribution in [1.82, 2.24) is 5.32 Å². The van der Waals surface area contributed by atoms with Crippen molar-refractivity contribution >= 4 is 28.9 Å². The van der Waals surface area contributed by atoms with Crippen LogP contribution in [-0.4, -0.2) is 36.4 Å². The van der Waals surface area contributed by atoms with Crippen molar-refractivity contribution < 1.29 is 19.0 Å². The number of carbonyl (C=O) groups excluding carboxylic acids is 1. The number of nitrogens with one attached hydrogen (secondary N) is 2. The molecule has 0 spiro atoms. The summed E-state index contributed by atoms with van der Waals surface area (Å²) in [6, 6.07) is 14.4. The van der Waals surface area contributed by atoms with Crippen LogP contribution in [0, 0.1) is 0 Å². The Bertz CT molecular complexity index is 833. The Balaban J connectivity index is 1.49. The van der Waals surface area contributed by atoms with Crippen LogP contribution in [0.4, 0.5) is 5.69 Å². The standard InChI is InChI=1S/C22H26N2O4S/c1-15(2)28-19-6-3-5-16(13-19)21(25)24-22(29)23-17-8-10-18(11-9-17)27-14-20-7-4-12-26-20/h3,5-6,8-11,13,15,20H,4,7,12,14H2,1-2H3,(H2,23,24,25,29). The van der Waals surface area contributed by atoms with Crippen molar-refractivity contribution in [2.24, 2.45) is 0 Å². The van der Waals surface area contributed by atoms with E-state index < -0.39 is 0 Å². The molecule has 29 heavy (non-hydrogen) atoms. The molecule has 1 aliphatic rings. The number of rotatable bonds is 7. The summed E-state index contributed by atoms with van der Waals surface area (Å²) >= 11 is 5.25. The Morgan fingerprint density at radius 2 is 2.00 bits per heavy atom. The van der Waals surface area contributed by atoms with E-state index in [1.54, 1.807) is 18.2 Å². The molecular formula is C22H26N2O4S. The topological polar surface area (TPSA) is 68.8 Å². The van der Waals surface area contributed by atoms with E-state index in [0.717, 1.165) is 30.9 Å². The summed E-state index contributed by atoms with van der Waals surface area (Å²) in [5, 5.41) is 5.90. The molecule has 2 aromatic carbocycles. The zero-order valence-corrected chi connectivity index (χ0v) is 17.5. The Hall–Kier alpha value is -2.64. The highest BCUT2D eigenvalue weighted by molar-refractivity contribution is 7.80. The lowest BCUT2D eigenvalue weighted by molar-refractivity contribution is 0.0679. The summed E-state index contributed by atoms with van der Waals surface area (Å²) in [4.78, 5) is 12.4. The first kappa shape index (κ1) is 21.1. The molecule has 1 atom stereocenters. The van der Waals surface area contributed by atoms with Gasteiger partial charge < -0.3 is 19.5 Å². The molecule has 1 unspecified atom stereocenters. The second-order valence-electron chi connectivity index (χ2n) is 7.07. The lowest BCUT2D eigenvalue weighted by Crippen LogP contribution is -2.34. The van der Waals surface area contributed by atoms with Gasteiger partial charge in [-0.3, -0.25) is 10.1 Å². The van der Waals surface area contributed by atoms with Gasteiger partial charge in [0.05, 0.1) is 12.2 Å². The maximum atomic E-state index is 12.4. The van der Waals surface area contributed by atoms with Gasteiger partial charge >= 0.3 is 0 Å². The quantitative estimate of drug-likeness (QED) is 0.663. The van der Waals surface area contributed by atoms with E-state index in [1.165, 1.54) is 0 Å². The third kappa shape index (κ3) is 6.73. The molecule has 0 aromatic heterocycles. The monoisotopic (exact) mass is 414 g/mol. The Kier molecular flexibility index (Phi) is 7.43. The van der Waals surface area contributed by atoms with Crippen LogP contribution in [0.5, 0.6) is 11.5 Å². The van der Waals surface area contributed by atoms with Crippen LogP contribution in [0.15, 0.2) is 48.5 Å². The van der Waals surface area contributed by atoms with Crippen molar-refractivity contribution in [3.63, 3.8) is 0 Å². The minimum atomic E-state index is -0.298. The Morgan fingerprint density at radius 3 is 2.69 bits per heavy atom. The van der Waals surface area contributed by atoms with Gasteiger partial charge in [0.15, 0.2) is 5.11 Å². The minimum absolute atomic E-state index is 0.0358. The molecule has 1 fully saturated rings. The number of thiocarbonyl (C=S) groups is 1. The second-order valence-corrected chi connectivity index (χ2v) is 7.48. The summed E-state index contributed by atoms with van der Waals surface area (Å²) in [5.74, 6) is 1.11. The highest BCUT2D eigenvalue weighted by Gasteiger charge is 2.16. The number of anilines is 1. The van der Waals surface area contributed by atoms with E-state index in [-0.39, 0.29) is 23.2 Å². The number of hydrogen-bond donors (Lipinski definition) is 2. The van der Waals surface area contributed by atoms with Gasteiger partial charge in [0.2, 0.25) is 0 Å². The lowest BCUT2D eigenvalue weighted by Gasteiger charge is -2.13. The van der Waals surface area contributed by atoms with Gasteiger partial charge in [-0.2, -0.15) is 0 Å². The molecule has 0 aliphatic carbocycles. The van der Waals surface area contributed by atoms with E-state index >= 15 is 0 Å². The fourth-order valence-corrected chi connectivity index (χ4v) is 3.13. The van der Waals surface area contributed by atoms with Gasteiger partial charge in [0.25, 0.3) is 5.91 Å². The van der Waals surface area contributed by atoms with Crippen LogP contribution in [-0.2, 0) is 4.74 Å². The van der Waals surface area contributed by atoms with Gasteiger partial charge in [-0.1, -0.05) is 6.07 Å². The number of carbonyl (C=O) groups is 1. The van der Waals surface area contributed by atoms with Gasteiger partial charge in [0, 0.05) is 17.9 Å². The SMILES string of the molecule is CC(C)Oc1cccc(C(=O)NC(=S)Nc2ccc(OCC3CCCO3)cc2)c1. The maximum absolute atomic E-state index is 12.4. The summed E-state index contributed by atoms with van der Waals surface area (Å²) in [5.41, 5.74) is 1.24. The number of amides is 1. The van der Waals surface area contributed by atoms with Crippen molar-refractivity contribution in [2.75, 3.05) is 18.5 Å². The summed E-state index contributed by atoms with van der Waals surface area (Å²) in [6.07, 6.45) is 2.35. The molecule has 0 radical (unpaired) electrons. The molecule has 1 saturated heterocycles. The summed E-state index contributed by atoms with van der Waals surface area (Å²) < 4.78 is 16.9. The normalized spacial score (nSPS) is 15.8. The third-order valence-corrected chi connectivity index (χ3v) is 4.47. The minimum Gasteiger partial charge on any atom is -0.491 e. The van der Waals surface area contributed by atoms with Gasteiger partial charge in [0.1, 0.15) is 18.1 Å². The van der Waals surface area contributed by atoms with E-state index in [9.17, 15) is 4.79 Å². The first-order chi connectivity index (χ1) is 14.0. The van der Waals surface area contributed by atoms with Crippen molar-refractivity contribution in [1.29, 1.82) is 0 Å². The van der Waals surface area contributed by atoms with Crippen molar-refractivity contribution in [3.8, 4) is 11.5 Å². The fraction of sp³-hybridized carbons (Fsp3) is 0.364. The molecule has 1 aliphatic heterocycles. The molecule has 0 bridgehead atoms. The highest BCUT2D eigenvalue weighted by Crippen LogP contribution is 2.19. The van der Waals surface area contributed by atoms with Crippen molar-refractivity contribution in [2.45, 2.75) is 38.9 Å². The van der Waals surface area contributed by atoms with Crippen LogP contribution in [0.3, 0.4) is 0 Å². The molecule has 1 heterocycles. The van der Waals surface area contributed by atoms with Crippen LogP contribution < -0.4 is 20.1 Å². The van der Waals surface area contributed by atoms with Gasteiger partial charge in [-0.15, -0.1) is 0 Å². The molecule has 7 heteroatoms. The average molecular weight is 415 g/mol. The smallest absolute Gasteiger partial charge is 0.257 e. The largest absolute Gasteiger partial charge is 0.491 e. The zero-order chi connectivity index (χ0) is 20.6. The second kappa shape index (κ2) is 10.2. The number of hydrogen-bond acceptors (Lipinski definition) is 5. The van der Waals surface area contributed by atoms with E-state index in [0.29, 0.717) is 17.9 Å². The number of benzene rings is 2. The molecular weight excluding hydrogens is 388 g/mol. The summed E-state index contributed by atoms with van der Waals surface area (Å²) in [6.45, 7) is 5.24. The van der Waals surface area contributed by atoms with Crippen molar-refractivity contribution in [3.05, 3.63) is 54.1 Å². The Morgan fingerprint density at radius 1 is 1.21 bits per heavy atom. The highest BCUT2D eigenvalue weighted by atomic mass is 32.1. The average Bonchev–Trinajstić information content (AvgIpc) is 3.21. The molecule has 1 amide bonds. The first-order valence-electron chi connectivity index (χ1n) is 9.73. The lowest BCUT2D eigenvalue weighted by atomic mass is 10.2. The molecule has 2 N–H and O–H groups in total. The maximum Gasteiger partial charge on any atom is 0.257 e. The predicted molar refractivity (Wildman–Crippen MR) is 117 cm³/mol. The summed E-state index contributed by atoms with van der Waals surface area (Å²) in [7, 11) is 0. The van der Waals surface area contributed by atoms with E-state index in [2.05, 4.69) is 10.6 Å². The predicted octanol–water partition coefficient (Wildman–Crippen LogP) is 4.16. The molecule has 0 saturated carbocycles. The van der Waals surface area contributed by atoms with Crippen LogP contribution in [0.1, 0.15) is 37.0 Å². The van der Waals surface area contributed by atoms with Crippen LogP contribution in [0.2, 0.25) is 0 Å². The molecule has 2 aromatic rings. The van der Waals surface area contributed by atoms with Crippen LogP contribution >= 0.6 is 12.2 Å². The first-order valence-corrected chi connectivity index (χ1v) is 10.1. The fourth-order valence-electron chi connectivity index (χ4n) is 2.92. The third-order valence-electron chi connectivity index (χ3n) is 4.27. The Labute approximate surface area is 176 Å². The van der Waals surface area contributed by atoms with E-state index in [4.69, 9.17) is 26.4 Å². The molecule has 3 rings (SSSR count).